The van der Waals surface area contributed by atoms with Gasteiger partial charge in [-0.3, -0.25) is 9.69 Å². The summed E-state index contributed by atoms with van der Waals surface area (Å²) in [5, 5.41) is 1.16. The molecule has 1 N–H and O–H groups in total. The Bertz CT molecular complexity index is 2110. The molecule has 4 aromatic rings. The fourth-order valence-corrected chi connectivity index (χ4v) is 8.71. The van der Waals surface area contributed by atoms with E-state index in [0.717, 1.165) is 47.4 Å². The van der Waals surface area contributed by atoms with Gasteiger partial charge < -0.3 is 42.9 Å². The van der Waals surface area contributed by atoms with Crippen LogP contribution in [0.3, 0.4) is 0 Å². The predicted molar refractivity (Wildman–Crippen MR) is 196 cm³/mol. The second-order valence-electron chi connectivity index (χ2n) is 14.3. The van der Waals surface area contributed by atoms with Gasteiger partial charge in [-0.2, -0.15) is 13.2 Å². The number of aromatic nitrogens is 1. The molecule has 0 unspecified atom stereocenters. The van der Waals surface area contributed by atoms with E-state index in [0.29, 0.717) is 24.9 Å². The van der Waals surface area contributed by atoms with Crippen LogP contribution in [0.15, 0.2) is 54.6 Å². The summed E-state index contributed by atoms with van der Waals surface area (Å²) in [7, 11) is 7.04. The van der Waals surface area contributed by atoms with Crippen molar-refractivity contribution in [3.63, 3.8) is 0 Å². The lowest BCUT2D eigenvalue weighted by molar-refractivity contribution is -0.176. The number of benzene rings is 3. The second kappa shape index (κ2) is 16.2. The first kappa shape index (κ1) is 39.7. The number of alkyl halides is 3. The molecule has 1 saturated carbocycles. The summed E-state index contributed by atoms with van der Waals surface area (Å²) >= 11 is 0. The molecule has 6 atom stereocenters. The van der Waals surface area contributed by atoms with E-state index in [1.54, 1.807) is 7.11 Å². The highest BCUT2D eigenvalue weighted by Gasteiger charge is 2.54. The highest BCUT2D eigenvalue weighted by molar-refractivity contribution is 5.92. The summed E-state index contributed by atoms with van der Waals surface area (Å²) in [6.07, 6.45) is -5.37. The predicted octanol–water partition coefficient (Wildman–Crippen LogP) is 6.90. The number of rotatable bonds is 10. The monoisotopic (exact) mass is 796 g/mol. The summed E-state index contributed by atoms with van der Waals surface area (Å²) in [4.78, 5) is 46.2. The third-order valence-corrected chi connectivity index (χ3v) is 11.4. The number of fused-ring (bicyclic) bond motifs is 6. The normalized spacial score (nSPS) is 23.0. The maximum Gasteiger partial charge on any atom is 0.514 e. The van der Waals surface area contributed by atoms with Gasteiger partial charge in [0.05, 0.1) is 51.5 Å². The lowest BCUT2D eigenvalue weighted by atomic mass is 9.63. The number of hydrogen-bond acceptors (Lipinski definition) is 12. The number of H-pyrrole nitrogens is 1. The average molecular weight is 797 g/mol. The van der Waals surface area contributed by atoms with Gasteiger partial charge in [-0.1, -0.05) is 12.1 Å². The largest absolute Gasteiger partial charge is 0.514 e. The van der Waals surface area contributed by atoms with Gasteiger partial charge in [0.25, 0.3) is 0 Å². The minimum atomic E-state index is -4.51. The molecular weight excluding hydrogens is 753 g/mol. The molecule has 0 radical (unpaired) electrons. The van der Waals surface area contributed by atoms with Crippen molar-refractivity contribution >= 4 is 29.0 Å². The molecule has 304 valence electrons. The molecule has 1 aliphatic carbocycles. The smallest absolute Gasteiger partial charge is 0.497 e. The average Bonchev–Trinajstić information content (AvgIpc) is 3.59. The summed E-state index contributed by atoms with van der Waals surface area (Å²) in [5.74, 6) is -1.64. The molecule has 16 heteroatoms. The van der Waals surface area contributed by atoms with Gasteiger partial charge in [0.15, 0.2) is 11.5 Å². The van der Waals surface area contributed by atoms with Crippen molar-refractivity contribution in [2.24, 2.45) is 17.8 Å². The van der Waals surface area contributed by atoms with Gasteiger partial charge in [0.1, 0.15) is 24.6 Å². The van der Waals surface area contributed by atoms with Crippen molar-refractivity contribution in [3.8, 4) is 23.0 Å². The maximum absolute atomic E-state index is 13.9. The third-order valence-electron chi connectivity index (χ3n) is 11.4. The third kappa shape index (κ3) is 7.80. The van der Waals surface area contributed by atoms with Gasteiger partial charge in [0, 0.05) is 42.9 Å². The van der Waals surface area contributed by atoms with Crippen molar-refractivity contribution in [2.45, 2.75) is 50.3 Å². The van der Waals surface area contributed by atoms with Crippen LogP contribution in [0.4, 0.5) is 18.0 Å². The van der Waals surface area contributed by atoms with E-state index in [2.05, 4.69) is 16.0 Å². The SMILES string of the molecule is COC(=O)[C@H]1[C@H]2C[C@@H]3c4[nH]c5cc(OC)ccc5c4CCN3C[C@H]2C[C@@H](OC(=O)c2cc(OC)c(OC(=O)OCc3ccc(C(F)(F)F)cc3)c(OC)c2)[C@@H]1OC. The van der Waals surface area contributed by atoms with Crippen LogP contribution >= 0.6 is 0 Å². The maximum atomic E-state index is 13.9. The number of hydrogen-bond donors (Lipinski definition) is 1. The van der Waals surface area contributed by atoms with Crippen molar-refractivity contribution in [3.05, 3.63) is 82.5 Å². The van der Waals surface area contributed by atoms with Gasteiger partial charge in [-0.15, -0.1) is 0 Å². The molecule has 3 aromatic carbocycles. The van der Waals surface area contributed by atoms with Crippen molar-refractivity contribution in [1.82, 2.24) is 9.88 Å². The number of esters is 2. The molecule has 3 heterocycles. The van der Waals surface area contributed by atoms with Crippen LogP contribution in [0.1, 0.15) is 51.6 Å². The topological polar surface area (TPSA) is 144 Å². The molecular formula is C41H43F3N2O11. The quantitative estimate of drug-likeness (QED) is 0.101. The summed E-state index contributed by atoms with van der Waals surface area (Å²) in [6.45, 7) is 1.13. The fraction of sp³-hybridized carbons (Fsp3) is 0.439. The van der Waals surface area contributed by atoms with Crippen LogP contribution in [0.2, 0.25) is 0 Å². The Hall–Kier alpha value is -5.48. The number of halogens is 3. The minimum Gasteiger partial charge on any atom is -0.497 e. The zero-order chi connectivity index (χ0) is 40.6. The fourth-order valence-electron chi connectivity index (χ4n) is 8.71. The number of ether oxygens (including phenoxy) is 8. The summed E-state index contributed by atoms with van der Waals surface area (Å²) in [5.41, 5.74) is 2.86. The number of methoxy groups -OCH3 is 5. The van der Waals surface area contributed by atoms with Crippen LogP contribution < -0.4 is 18.9 Å². The Morgan fingerprint density at radius 3 is 2.25 bits per heavy atom. The number of aromatic amines is 1. The van der Waals surface area contributed by atoms with Crippen LogP contribution in [0, 0.1) is 17.8 Å². The molecule has 2 fully saturated rings. The highest BCUT2D eigenvalue weighted by Crippen LogP contribution is 2.51. The molecule has 3 aliphatic rings. The van der Waals surface area contributed by atoms with Crippen molar-refractivity contribution in [2.75, 3.05) is 48.6 Å². The number of piperidine rings is 1. The first-order valence-corrected chi connectivity index (χ1v) is 18.4. The van der Waals surface area contributed by atoms with E-state index in [-0.39, 0.29) is 47.3 Å². The summed E-state index contributed by atoms with van der Waals surface area (Å²) in [6, 6.07) is 12.8. The molecule has 1 aromatic heterocycles. The molecule has 0 amide bonds. The molecule has 0 bridgehead atoms. The van der Waals surface area contributed by atoms with Crippen LogP contribution in [0.5, 0.6) is 23.0 Å². The lowest BCUT2D eigenvalue weighted by Crippen LogP contribution is -2.58. The standard InChI is InChI=1S/C41H43F3N2O11/c1-50-25-10-11-26-27-12-13-46-19-23-16-33(37(53-4)34(39(48)54-5)28(23)18-30(46)35(27)45-29(26)17-25)56-38(47)22-14-31(51-2)36(32(15-22)52-3)57-40(49)55-20-21-6-8-24(9-7-21)41(42,43)44/h6-11,14-15,17,23,28,30,33-34,37,45H,12-13,16,18-20H2,1-5H3/t23-,28+,30-,33-,34+,37+/m1/s1. The van der Waals surface area contributed by atoms with E-state index in [9.17, 15) is 27.6 Å². The zero-order valence-corrected chi connectivity index (χ0v) is 32.0. The molecule has 13 nitrogen and oxygen atoms in total. The Kier molecular flexibility index (Phi) is 11.3. The van der Waals surface area contributed by atoms with E-state index in [4.69, 9.17) is 37.9 Å². The highest BCUT2D eigenvalue weighted by atomic mass is 19.4. The van der Waals surface area contributed by atoms with Gasteiger partial charge in [-0.05, 0) is 78.6 Å². The number of carbonyl (C=O) groups excluding carboxylic acids is 3. The van der Waals surface area contributed by atoms with Crippen molar-refractivity contribution < 1.29 is 65.4 Å². The van der Waals surface area contributed by atoms with E-state index in [1.807, 2.05) is 12.1 Å². The Morgan fingerprint density at radius 2 is 1.61 bits per heavy atom. The van der Waals surface area contributed by atoms with Gasteiger partial charge >= 0.3 is 24.3 Å². The molecule has 2 aliphatic heterocycles. The zero-order valence-electron chi connectivity index (χ0n) is 32.0. The van der Waals surface area contributed by atoms with Gasteiger partial charge in [0.2, 0.25) is 5.75 Å². The van der Waals surface area contributed by atoms with E-state index < -0.39 is 48.0 Å². The number of nitrogens with one attached hydrogen (secondary N) is 1. The first-order chi connectivity index (χ1) is 27.4. The second-order valence-corrected chi connectivity index (χ2v) is 14.3. The minimum absolute atomic E-state index is 0.00322. The number of carbonyl (C=O) groups is 3. The first-order valence-electron chi connectivity index (χ1n) is 18.4. The van der Waals surface area contributed by atoms with E-state index in [1.165, 1.54) is 58.3 Å². The lowest BCUT2D eigenvalue weighted by Gasteiger charge is -2.52. The Labute approximate surface area is 326 Å². The molecule has 1 saturated heterocycles. The van der Waals surface area contributed by atoms with E-state index >= 15 is 0 Å². The van der Waals surface area contributed by atoms with Crippen molar-refractivity contribution in [1.29, 1.82) is 0 Å². The molecule has 57 heavy (non-hydrogen) atoms. The Balaban J connectivity index is 1.07. The Morgan fingerprint density at radius 1 is 0.895 bits per heavy atom. The summed E-state index contributed by atoms with van der Waals surface area (Å²) < 4.78 is 82.9. The van der Waals surface area contributed by atoms with Gasteiger partial charge in [-0.25, -0.2) is 9.59 Å². The van der Waals surface area contributed by atoms with Crippen LogP contribution in [-0.2, 0) is 42.9 Å². The van der Waals surface area contributed by atoms with Crippen LogP contribution in [0.25, 0.3) is 10.9 Å². The van der Waals surface area contributed by atoms with Crippen LogP contribution in [-0.4, -0.2) is 88.8 Å². The molecule has 7 rings (SSSR count). The number of nitrogens with zero attached hydrogens (tertiary/aromatic N) is 1. The molecule has 0 spiro atoms.